The number of carbonyl (C=O) groups excluding carboxylic acids is 1. The van der Waals surface area contributed by atoms with Crippen LogP contribution in [0.1, 0.15) is 24.8 Å². The van der Waals surface area contributed by atoms with Gasteiger partial charge in [0.2, 0.25) is 5.91 Å². The summed E-state index contributed by atoms with van der Waals surface area (Å²) in [5.41, 5.74) is 1.51. The molecule has 6 heteroatoms. The Hall–Kier alpha value is -1.07. The maximum absolute atomic E-state index is 11.8. The lowest BCUT2D eigenvalue weighted by Gasteiger charge is -2.28. The SMILES string of the molecule is Cc1cc(S(=O)(=O)Cl)ccc1N1CCCCC1=O. The van der Waals surface area contributed by atoms with Crippen molar-refractivity contribution in [3.8, 4) is 0 Å². The van der Waals surface area contributed by atoms with Crippen LogP contribution in [0, 0.1) is 6.92 Å². The first-order valence-corrected chi connectivity index (χ1v) is 8.06. The van der Waals surface area contributed by atoms with Crippen molar-refractivity contribution in [2.45, 2.75) is 31.1 Å². The van der Waals surface area contributed by atoms with Crippen LogP contribution in [0.3, 0.4) is 0 Å². The zero-order valence-corrected chi connectivity index (χ0v) is 11.6. The van der Waals surface area contributed by atoms with Crippen molar-refractivity contribution in [2.75, 3.05) is 11.4 Å². The molecule has 1 fully saturated rings. The molecular weight excluding hydrogens is 274 g/mol. The molecule has 0 bridgehead atoms. The van der Waals surface area contributed by atoms with Crippen LogP contribution < -0.4 is 4.90 Å². The van der Waals surface area contributed by atoms with Gasteiger partial charge in [0.05, 0.1) is 4.90 Å². The Morgan fingerprint density at radius 3 is 2.56 bits per heavy atom. The summed E-state index contributed by atoms with van der Waals surface area (Å²) in [6.07, 6.45) is 2.44. The molecule has 4 nitrogen and oxygen atoms in total. The van der Waals surface area contributed by atoms with Gasteiger partial charge in [-0.05, 0) is 43.5 Å². The summed E-state index contributed by atoms with van der Waals surface area (Å²) < 4.78 is 22.4. The average molecular weight is 288 g/mol. The van der Waals surface area contributed by atoms with Crippen LogP contribution in [0.2, 0.25) is 0 Å². The average Bonchev–Trinajstić information content (AvgIpc) is 2.29. The molecule has 0 radical (unpaired) electrons. The molecule has 2 rings (SSSR count). The molecule has 18 heavy (non-hydrogen) atoms. The predicted octanol–water partition coefficient (Wildman–Crippen LogP) is 2.44. The van der Waals surface area contributed by atoms with Crippen LogP contribution in [0.25, 0.3) is 0 Å². The number of rotatable bonds is 2. The molecular formula is C12H14ClNO3S. The Morgan fingerprint density at radius 2 is 2.00 bits per heavy atom. The number of nitrogens with zero attached hydrogens (tertiary/aromatic N) is 1. The lowest BCUT2D eigenvalue weighted by Crippen LogP contribution is -2.35. The normalized spacial score (nSPS) is 17.0. The zero-order chi connectivity index (χ0) is 13.3. The van der Waals surface area contributed by atoms with E-state index < -0.39 is 9.05 Å². The fourth-order valence-electron chi connectivity index (χ4n) is 2.14. The maximum atomic E-state index is 11.8. The summed E-state index contributed by atoms with van der Waals surface area (Å²) in [5.74, 6) is 0.0887. The zero-order valence-electron chi connectivity index (χ0n) is 10.0. The summed E-state index contributed by atoms with van der Waals surface area (Å²) in [7, 11) is 1.57. The molecule has 98 valence electrons. The van der Waals surface area contributed by atoms with Gasteiger partial charge < -0.3 is 4.90 Å². The number of piperidine rings is 1. The molecule has 0 aromatic heterocycles. The summed E-state index contributed by atoms with van der Waals surface area (Å²) in [6, 6.07) is 4.58. The molecule has 1 aromatic rings. The van der Waals surface area contributed by atoms with Gasteiger partial charge in [0.25, 0.3) is 9.05 Å². The van der Waals surface area contributed by atoms with Gasteiger partial charge in [0.15, 0.2) is 0 Å². The molecule has 0 unspecified atom stereocenters. The second-order valence-corrected chi connectivity index (χ2v) is 6.95. The van der Waals surface area contributed by atoms with E-state index in [1.807, 2.05) is 0 Å². The van der Waals surface area contributed by atoms with E-state index in [0.717, 1.165) is 24.1 Å². The molecule has 0 saturated carbocycles. The van der Waals surface area contributed by atoms with Crippen molar-refractivity contribution in [2.24, 2.45) is 0 Å². The second kappa shape index (κ2) is 4.90. The summed E-state index contributed by atoms with van der Waals surface area (Å²) in [6.45, 7) is 2.47. The number of amides is 1. The third-order valence-electron chi connectivity index (χ3n) is 3.06. The topological polar surface area (TPSA) is 54.5 Å². The molecule has 0 spiro atoms. The Kier molecular flexibility index (Phi) is 3.64. The van der Waals surface area contributed by atoms with Crippen LogP contribution in [-0.2, 0) is 13.8 Å². The smallest absolute Gasteiger partial charge is 0.261 e. The minimum absolute atomic E-state index is 0.0647. The van der Waals surface area contributed by atoms with Gasteiger partial charge in [-0.2, -0.15) is 0 Å². The third kappa shape index (κ3) is 2.67. The fourth-order valence-corrected chi connectivity index (χ4v) is 2.98. The number of aryl methyl sites for hydroxylation is 1. The van der Waals surface area contributed by atoms with Crippen molar-refractivity contribution in [3.05, 3.63) is 23.8 Å². The molecule has 1 saturated heterocycles. The van der Waals surface area contributed by atoms with E-state index in [4.69, 9.17) is 10.7 Å². The highest BCUT2D eigenvalue weighted by atomic mass is 35.7. The minimum Gasteiger partial charge on any atom is -0.312 e. The Labute approximate surface area is 111 Å². The summed E-state index contributed by atoms with van der Waals surface area (Å²) in [4.78, 5) is 13.6. The standard InChI is InChI=1S/C12H14ClNO3S/c1-9-8-10(18(13,16)17)5-6-11(9)14-7-3-2-4-12(14)15/h5-6,8H,2-4,7H2,1H3. The summed E-state index contributed by atoms with van der Waals surface area (Å²) >= 11 is 0. The van der Waals surface area contributed by atoms with E-state index in [-0.39, 0.29) is 10.8 Å². The number of hydrogen-bond acceptors (Lipinski definition) is 3. The van der Waals surface area contributed by atoms with Gasteiger partial charge in [-0.3, -0.25) is 4.79 Å². The minimum atomic E-state index is -3.72. The van der Waals surface area contributed by atoms with Crippen molar-refractivity contribution in [1.82, 2.24) is 0 Å². The van der Waals surface area contributed by atoms with Gasteiger partial charge in [-0.15, -0.1) is 0 Å². The number of carbonyl (C=O) groups is 1. The predicted molar refractivity (Wildman–Crippen MR) is 70.4 cm³/mol. The Bertz CT molecular complexity index is 583. The van der Waals surface area contributed by atoms with Crippen LogP contribution >= 0.6 is 10.7 Å². The first kappa shape index (κ1) is 13.4. The van der Waals surface area contributed by atoms with E-state index in [1.165, 1.54) is 12.1 Å². The van der Waals surface area contributed by atoms with Crippen LogP contribution in [0.5, 0.6) is 0 Å². The van der Waals surface area contributed by atoms with Gasteiger partial charge >= 0.3 is 0 Å². The van der Waals surface area contributed by atoms with Gasteiger partial charge in [0, 0.05) is 29.3 Å². The first-order chi connectivity index (χ1) is 8.39. The van der Waals surface area contributed by atoms with Crippen LogP contribution in [0.15, 0.2) is 23.1 Å². The first-order valence-electron chi connectivity index (χ1n) is 5.75. The molecule has 1 heterocycles. The van der Waals surface area contributed by atoms with Crippen molar-refractivity contribution < 1.29 is 13.2 Å². The largest absolute Gasteiger partial charge is 0.312 e. The van der Waals surface area contributed by atoms with E-state index in [0.29, 0.717) is 13.0 Å². The molecule has 1 aliphatic heterocycles. The molecule has 0 atom stereocenters. The van der Waals surface area contributed by atoms with E-state index in [2.05, 4.69) is 0 Å². The quantitative estimate of drug-likeness (QED) is 0.785. The lowest BCUT2D eigenvalue weighted by molar-refractivity contribution is -0.119. The summed E-state index contributed by atoms with van der Waals surface area (Å²) in [5, 5.41) is 0. The van der Waals surface area contributed by atoms with Crippen molar-refractivity contribution >= 4 is 31.3 Å². The van der Waals surface area contributed by atoms with Gasteiger partial charge in [-0.1, -0.05) is 0 Å². The maximum Gasteiger partial charge on any atom is 0.261 e. The number of benzene rings is 1. The second-order valence-electron chi connectivity index (χ2n) is 4.39. The molecule has 0 aliphatic carbocycles. The van der Waals surface area contributed by atoms with Crippen LogP contribution in [-0.4, -0.2) is 20.9 Å². The van der Waals surface area contributed by atoms with Crippen LogP contribution in [0.4, 0.5) is 5.69 Å². The van der Waals surface area contributed by atoms with Gasteiger partial charge in [-0.25, -0.2) is 8.42 Å². The van der Waals surface area contributed by atoms with E-state index in [1.54, 1.807) is 17.9 Å². The van der Waals surface area contributed by atoms with Crippen molar-refractivity contribution in [3.63, 3.8) is 0 Å². The highest BCUT2D eigenvalue weighted by Crippen LogP contribution is 2.27. The lowest BCUT2D eigenvalue weighted by atomic mass is 10.1. The number of hydrogen-bond donors (Lipinski definition) is 0. The third-order valence-corrected chi connectivity index (χ3v) is 4.42. The molecule has 1 aliphatic rings. The van der Waals surface area contributed by atoms with E-state index in [9.17, 15) is 13.2 Å². The highest BCUT2D eigenvalue weighted by molar-refractivity contribution is 8.13. The Morgan fingerprint density at radius 1 is 1.28 bits per heavy atom. The molecule has 0 N–H and O–H groups in total. The number of anilines is 1. The molecule has 1 aromatic carbocycles. The Balaban J connectivity index is 2.38. The molecule has 1 amide bonds. The number of halogens is 1. The highest BCUT2D eigenvalue weighted by Gasteiger charge is 2.22. The fraction of sp³-hybridized carbons (Fsp3) is 0.417. The monoisotopic (exact) mass is 287 g/mol. The van der Waals surface area contributed by atoms with E-state index >= 15 is 0 Å². The van der Waals surface area contributed by atoms with Crippen molar-refractivity contribution in [1.29, 1.82) is 0 Å². The van der Waals surface area contributed by atoms with Gasteiger partial charge in [0.1, 0.15) is 0 Å².